The van der Waals surface area contributed by atoms with Crippen molar-refractivity contribution in [3.63, 3.8) is 0 Å². The molecule has 5 rings (SSSR count). The van der Waals surface area contributed by atoms with Crippen LogP contribution in [-0.4, -0.2) is 59.0 Å². The Morgan fingerprint density at radius 3 is 2.29 bits per heavy atom. The minimum atomic E-state index is -4.54. The quantitative estimate of drug-likeness (QED) is 0.330. The number of alkyl halides is 3. The number of halogens is 4. The number of hydrogen-bond acceptors (Lipinski definition) is 7. The number of carbonyl (C=O) groups excluding carboxylic acids is 2. The van der Waals surface area contributed by atoms with Gasteiger partial charge >= 0.3 is 12.1 Å². The van der Waals surface area contributed by atoms with Crippen LogP contribution in [0.4, 0.5) is 13.2 Å². The summed E-state index contributed by atoms with van der Waals surface area (Å²) in [6.45, 7) is 0. The number of aromatic nitrogens is 3. The van der Waals surface area contributed by atoms with Crippen molar-refractivity contribution in [2.45, 2.75) is 24.6 Å². The normalized spacial score (nSPS) is 16.3. The predicted molar refractivity (Wildman–Crippen MR) is 144 cm³/mol. The smallest absolute Gasteiger partial charge is 0.416 e. The lowest BCUT2D eigenvalue weighted by atomic mass is 9.91. The summed E-state index contributed by atoms with van der Waals surface area (Å²) in [5.41, 5.74) is -0.749. The van der Waals surface area contributed by atoms with E-state index in [0.717, 1.165) is 19.2 Å². The maximum atomic E-state index is 13.5. The third-order valence-electron chi connectivity index (χ3n) is 7.03. The fraction of sp³-hybridized carbons (Fsp3) is 0.259. The van der Waals surface area contributed by atoms with Crippen molar-refractivity contribution in [2.24, 2.45) is 0 Å². The van der Waals surface area contributed by atoms with E-state index in [1.807, 2.05) is 0 Å². The summed E-state index contributed by atoms with van der Waals surface area (Å²) in [6.07, 6.45) is -2.23. The molecule has 9 nitrogen and oxygen atoms in total. The number of esters is 1. The first kappa shape index (κ1) is 28.6. The molecule has 1 fully saturated rings. The van der Waals surface area contributed by atoms with Gasteiger partial charge in [-0.25, -0.2) is 22.7 Å². The topological polar surface area (TPSA) is 120 Å². The number of ether oxygens (including phenoxy) is 1. The van der Waals surface area contributed by atoms with Gasteiger partial charge in [0.2, 0.25) is 0 Å². The molecule has 0 aliphatic carbocycles. The van der Waals surface area contributed by atoms with Crippen molar-refractivity contribution in [1.82, 2.24) is 19.9 Å². The van der Waals surface area contributed by atoms with Crippen molar-refractivity contribution >= 4 is 39.0 Å². The van der Waals surface area contributed by atoms with Crippen LogP contribution in [0.1, 0.15) is 28.8 Å². The highest BCUT2D eigenvalue weighted by molar-refractivity contribution is 7.91. The van der Waals surface area contributed by atoms with Gasteiger partial charge < -0.3 is 10.1 Å². The molecule has 3 heterocycles. The molecule has 41 heavy (non-hydrogen) atoms. The predicted octanol–water partition coefficient (Wildman–Crippen LogP) is 4.59. The molecule has 1 aliphatic heterocycles. The Kier molecular flexibility index (Phi) is 7.28. The van der Waals surface area contributed by atoms with Gasteiger partial charge in [0, 0.05) is 27.9 Å². The molecule has 0 saturated carbocycles. The SMILES string of the molecule is COC(=O)C1(NC(=O)c2cnn3c(-c4ccc(C(F)(F)F)cc4)c(-c4ccccc4Cl)cnc23)CCS(=O)(=O)CC1. The minimum absolute atomic E-state index is 0.0411. The molecule has 0 unspecified atom stereocenters. The first-order valence-corrected chi connectivity index (χ1v) is 14.5. The fourth-order valence-electron chi connectivity index (χ4n) is 4.81. The molecule has 0 spiro atoms. The second kappa shape index (κ2) is 10.5. The number of hydrogen-bond donors (Lipinski definition) is 1. The molecule has 1 N–H and O–H groups in total. The molecule has 4 aromatic rings. The summed E-state index contributed by atoms with van der Waals surface area (Å²) in [4.78, 5) is 30.6. The second-order valence-electron chi connectivity index (χ2n) is 9.55. The molecule has 2 aromatic heterocycles. The highest BCUT2D eigenvalue weighted by Gasteiger charge is 2.46. The van der Waals surface area contributed by atoms with Gasteiger partial charge in [0.15, 0.2) is 15.5 Å². The van der Waals surface area contributed by atoms with Crippen LogP contribution in [0.25, 0.3) is 28.0 Å². The zero-order valence-electron chi connectivity index (χ0n) is 21.4. The lowest BCUT2D eigenvalue weighted by Crippen LogP contribution is -2.58. The van der Waals surface area contributed by atoms with Crippen LogP contribution >= 0.6 is 11.6 Å². The zero-order chi connectivity index (χ0) is 29.6. The molecular weight excluding hydrogens is 585 g/mol. The number of sulfone groups is 1. The lowest BCUT2D eigenvalue weighted by Gasteiger charge is -2.34. The van der Waals surface area contributed by atoms with E-state index in [1.165, 1.54) is 29.0 Å². The maximum absolute atomic E-state index is 13.5. The van der Waals surface area contributed by atoms with Gasteiger partial charge in [-0.15, -0.1) is 0 Å². The molecular formula is C27H22ClF3N4O5S. The van der Waals surface area contributed by atoms with Gasteiger partial charge in [-0.2, -0.15) is 18.3 Å². The van der Waals surface area contributed by atoms with Crippen LogP contribution in [0.2, 0.25) is 5.02 Å². The minimum Gasteiger partial charge on any atom is -0.467 e. The van der Waals surface area contributed by atoms with Crippen LogP contribution in [0.3, 0.4) is 0 Å². The summed E-state index contributed by atoms with van der Waals surface area (Å²) >= 11 is 6.44. The van der Waals surface area contributed by atoms with E-state index in [2.05, 4.69) is 15.4 Å². The number of carbonyl (C=O) groups is 2. The Labute approximate surface area is 237 Å². The summed E-state index contributed by atoms with van der Waals surface area (Å²) in [5.74, 6) is -2.15. The van der Waals surface area contributed by atoms with Crippen molar-refractivity contribution < 1.29 is 35.9 Å². The van der Waals surface area contributed by atoms with Gasteiger partial charge in [-0.05, 0) is 31.0 Å². The Bertz CT molecular complexity index is 1760. The van der Waals surface area contributed by atoms with E-state index in [-0.39, 0.29) is 35.6 Å². The van der Waals surface area contributed by atoms with Crippen LogP contribution in [0.5, 0.6) is 0 Å². The fourth-order valence-corrected chi connectivity index (χ4v) is 6.57. The van der Waals surface area contributed by atoms with Crippen molar-refractivity contribution in [3.8, 4) is 22.4 Å². The summed E-state index contributed by atoms with van der Waals surface area (Å²) in [5, 5.41) is 7.32. The molecule has 1 amide bonds. The molecule has 214 valence electrons. The van der Waals surface area contributed by atoms with Crippen molar-refractivity contribution in [1.29, 1.82) is 0 Å². The Balaban J connectivity index is 1.62. The lowest BCUT2D eigenvalue weighted by molar-refractivity contribution is -0.148. The molecule has 14 heteroatoms. The highest BCUT2D eigenvalue weighted by atomic mass is 35.5. The molecule has 0 bridgehead atoms. The first-order valence-electron chi connectivity index (χ1n) is 12.3. The van der Waals surface area contributed by atoms with E-state index in [0.29, 0.717) is 27.4 Å². The Morgan fingerprint density at radius 2 is 1.68 bits per heavy atom. The van der Waals surface area contributed by atoms with E-state index in [9.17, 15) is 31.2 Å². The number of nitrogens with zero attached hydrogens (tertiary/aromatic N) is 3. The number of amides is 1. The zero-order valence-corrected chi connectivity index (χ0v) is 23.0. The maximum Gasteiger partial charge on any atom is 0.416 e. The van der Waals surface area contributed by atoms with Gasteiger partial charge in [0.25, 0.3) is 5.91 Å². The van der Waals surface area contributed by atoms with E-state index >= 15 is 0 Å². The number of benzene rings is 2. The van der Waals surface area contributed by atoms with Gasteiger partial charge in [-0.1, -0.05) is 41.9 Å². The van der Waals surface area contributed by atoms with Crippen LogP contribution < -0.4 is 5.32 Å². The molecule has 1 saturated heterocycles. The van der Waals surface area contributed by atoms with Gasteiger partial charge in [-0.3, -0.25) is 4.79 Å². The van der Waals surface area contributed by atoms with Crippen LogP contribution in [-0.2, 0) is 25.5 Å². The van der Waals surface area contributed by atoms with Crippen molar-refractivity contribution in [2.75, 3.05) is 18.6 Å². The summed E-state index contributed by atoms with van der Waals surface area (Å²) in [7, 11) is -2.23. The highest BCUT2D eigenvalue weighted by Crippen LogP contribution is 2.38. The average Bonchev–Trinajstić information content (AvgIpc) is 3.38. The number of nitrogens with one attached hydrogen (secondary N) is 1. The van der Waals surface area contributed by atoms with E-state index in [4.69, 9.17) is 16.3 Å². The molecule has 0 atom stereocenters. The Hall–Kier alpha value is -3.97. The number of fused-ring (bicyclic) bond motifs is 1. The van der Waals surface area contributed by atoms with Gasteiger partial charge in [0.05, 0.1) is 36.1 Å². The second-order valence-corrected chi connectivity index (χ2v) is 12.3. The average molecular weight is 607 g/mol. The molecule has 2 aromatic carbocycles. The standard InChI is InChI=1S/C27H22ClF3N4O5S/c1-40-25(37)26(10-12-41(38,39)13-11-26)34-24(36)20-15-33-35-22(16-6-8-17(9-7-16)27(29,30)31)19(14-32-23(20)35)18-4-2-3-5-21(18)28/h2-9,14-15H,10-13H2,1H3,(H,34,36). The summed E-state index contributed by atoms with van der Waals surface area (Å²) < 4.78 is 70.0. The Morgan fingerprint density at radius 1 is 1.02 bits per heavy atom. The molecule has 1 aliphatic rings. The third-order valence-corrected chi connectivity index (χ3v) is 9.01. The number of rotatable bonds is 5. The van der Waals surface area contributed by atoms with Gasteiger partial charge in [0.1, 0.15) is 11.1 Å². The summed E-state index contributed by atoms with van der Waals surface area (Å²) in [6, 6.07) is 11.3. The third kappa shape index (κ3) is 5.38. The first-order chi connectivity index (χ1) is 19.3. The van der Waals surface area contributed by atoms with Crippen LogP contribution in [0, 0.1) is 0 Å². The number of methoxy groups -OCH3 is 1. The van der Waals surface area contributed by atoms with E-state index < -0.39 is 39.0 Å². The van der Waals surface area contributed by atoms with Crippen LogP contribution in [0.15, 0.2) is 60.9 Å². The van der Waals surface area contributed by atoms with Crippen molar-refractivity contribution in [3.05, 3.63) is 77.1 Å². The largest absolute Gasteiger partial charge is 0.467 e. The molecule has 0 radical (unpaired) electrons. The monoisotopic (exact) mass is 606 g/mol. The van der Waals surface area contributed by atoms with E-state index in [1.54, 1.807) is 24.3 Å².